The topological polar surface area (TPSA) is 97.7 Å². The minimum absolute atomic E-state index is 0.0150. The van der Waals surface area contributed by atoms with Crippen molar-refractivity contribution in [2.24, 2.45) is 0 Å². The number of hydrogen-bond acceptors (Lipinski definition) is 5. The van der Waals surface area contributed by atoms with Crippen LogP contribution in [-0.2, 0) is 21.0 Å². The molecule has 6 nitrogen and oxygen atoms in total. The Morgan fingerprint density at radius 1 is 1.33 bits per heavy atom. The average Bonchev–Trinajstić information content (AvgIpc) is 2.81. The first-order chi connectivity index (χ1) is 11.2. The van der Waals surface area contributed by atoms with Crippen molar-refractivity contribution in [3.63, 3.8) is 0 Å². The van der Waals surface area contributed by atoms with Crippen LogP contribution in [0.2, 0.25) is 5.02 Å². The third-order valence-electron chi connectivity index (χ3n) is 3.62. The second-order valence-corrected chi connectivity index (χ2v) is 8.89. The van der Waals surface area contributed by atoms with E-state index in [1.54, 1.807) is 18.2 Å². The van der Waals surface area contributed by atoms with E-state index in [-0.39, 0.29) is 31.8 Å². The number of rotatable bonds is 2. The summed E-state index contributed by atoms with van der Waals surface area (Å²) < 4.78 is 36.1. The van der Waals surface area contributed by atoms with E-state index in [4.69, 9.17) is 11.6 Å². The van der Waals surface area contributed by atoms with E-state index in [0.29, 0.717) is 0 Å². The normalized spacial score (nSPS) is 16.7. The number of phenols is 1. The van der Waals surface area contributed by atoms with E-state index >= 15 is 0 Å². The molecule has 0 saturated carbocycles. The molecule has 3 rings (SSSR count). The molecule has 1 aliphatic heterocycles. The van der Waals surface area contributed by atoms with Crippen LogP contribution < -0.4 is 4.90 Å². The molecule has 9 heteroatoms. The number of carbonyl (C=O) groups excluding carboxylic acids is 1. The lowest BCUT2D eigenvalue weighted by Gasteiger charge is -2.17. The summed E-state index contributed by atoms with van der Waals surface area (Å²) >= 11 is 4.33. The molecule has 126 valence electrons. The summed E-state index contributed by atoms with van der Waals surface area (Å²) in [5.74, 6) is -1.44. The summed E-state index contributed by atoms with van der Waals surface area (Å²) in [6, 6.07) is 8.68. The quantitative estimate of drug-likeness (QED) is 0.799. The van der Waals surface area contributed by atoms with Crippen LogP contribution in [0.25, 0.3) is 0 Å². The minimum atomic E-state index is -3.59. The van der Waals surface area contributed by atoms with Crippen LogP contribution in [0.4, 0.5) is 5.69 Å². The van der Waals surface area contributed by atoms with Gasteiger partial charge in [-0.25, -0.2) is 8.42 Å². The lowest BCUT2D eigenvalue weighted by molar-refractivity contribution is 0.0991. The summed E-state index contributed by atoms with van der Waals surface area (Å²) in [6.07, 6.45) is 1.34. The van der Waals surface area contributed by atoms with E-state index in [2.05, 4.69) is 0 Å². The van der Waals surface area contributed by atoms with Crippen LogP contribution in [-0.4, -0.2) is 36.1 Å². The number of halogens is 1. The van der Waals surface area contributed by atoms with E-state index < -0.39 is 32.8 Å². The van der Waals surface area contributed by atoms with Gasteiger partial charge in [-0.15, -0.1) is 0 Å². The molecule has 0 aliphatic carbocycles. The first kappa shape index (κ1) is 17.1. The Hall–Kier alpha value is -1.74. The Bertz CT molecular complexity index is 943. The molecule has 0 spiro atoms. The number of nitrogens with zero attached hydrogens (tertiary/aromatic N) is 1. The van der Waals surface area contributed by atoms with E-state index in [0.717, 1.165) is 4.90 Å². The fourth-order valence-electron chi connectivity index (χ4n) is 2.49. The van der Waals surface area contributed by atoms with Gasteiger partial charge < -0.3 is 9.66 Å². The number of carbonyl (C=O) groups is 1. The van der Waals surface area contributed by atoms with Crippen LogP contribution in [0.1, 0.15) is 10.4 Å². The molecule has 1 heterocycles. The van der Waals surface area contributed by atoms with Crippen molar-refractivity contribution in [1.82, 2.24) is 0 Å². The van der Waals surface area contributed by atoms with Crippen molar-refractivity contribution in [2.45, 2.75) is 9.79 Å². The number of phenolic OH excluding ortho intramolecular Hbond substituents is 1. The Morgan fingerprint density at radius 3 is 2.67 bits per heavy atom. The van der Waals surface area contributed by atoms with Crippen molar-refractivity contribution >= 4 is 44.2 Å². The Morgan fingerprint density at radius 2 is 2.00 bits per heavy atom. The number of benzene rings is 2. The van der Waals surface area contributed by atoms with Crippen molar-refractivity contribution in [3.05, 3.63) is 47.0 Å². The minimum Gasteiger partial charge on any atom is -0.612 e. The number of anilines is 1. The number of amides is 1. The number of hydrogen-bond donors (Lipinski definition) is 1. The lowest BCUT2D eigenvalue weighted by atomic mass is 10.1. The fourth-order valence-corrected chi connectivity index (χ4v) is 4.96. The number of fused-ring (bicyclic) bond motifs is 1. The smallest absolute Gasteiger partial charge is 0.259 e. The highest BCUT2D eigenvalue weighted by molar-refractivity contribution is 7.92. The van der Waals surface area contributed by atoms with Gasteiger partial charge >= 0.3 is 0 Å². The molecule has 1 unspecified atom stereocenters. The molecule has 0 fully saturated rings. The van der Waals surface area contributed by atoms with Gasteiger partial charge in [0.1, 0.15) is 12.1 Å². The molecular weight excluding hydrogens is 374 g/mol. The van der Waals surface area contributed by atoms with Crippen LogP contribution >= 0.6 is 11.6 Å². The first-order valence-corrected chi connectivity index (χ1v) is 10.3. The van der Waals surface area contributed by atoms with Gasteiger partial charge in [0.25, 0.3) is 5.91 Å². The molecule has 2 aromatic carbocycles. The van der Waals surface area contributed by atoms with Crippen molar-refractivity contribution in [1.29, 1.82) is 0 Å². The Balaban J connectivity index is 2.09. The summed E-state index contributed by atoms with van der Waals surface area (Å²) in [5.41, 5.74) is 0.334. The molecule has 1 atom stereocenters. The molecule has 0 bridgehead atoms. The molecule has 0 saturated heterocycles. The summed E-state index contributed by atoms with van der Waals surface area (Å²) in [4.78, 5) is 14.0. The standard InChI is InChI=1S/C15H12ClNO5S2/c1-23(20)12-7-9(6-10(16)14(12)18)15(19)17-8-24(21,22)13-5-3-2-4-11(13)17/h2-7,18H,8H2,1H3. The fraction of sp³-hybridized carbons (Fsp3) is 0.133. The van der Waals surface area contributed by atoms with Crippen LogP contribution in [0.3, 0.4) is 0 Å². The van der Waals surface area contributed by atoms with Gasteiger partial charge in [0, 0.05) is 11.6 Å². The zero-order valence-electron chi connectivity index (χ0n) is 12.4. The monoisotopic (exact) mass is 385 g/mol. The first-order valence-electron chi connectivity index (χ1n) is 6.72. The van der Waals surface area contributed by atoms with Gasteiger partial charge in [-0.3, -0.25) is 9.69 Å². The van der Waals surface area contributed by atoms with Crippen molar-refractivity contribution in [3.8, 4) is 5.75 Å². The third kappa shape index (κ3) is 2.75. The number of para-hydroxylation sites is 1. The van der Waals surface area contributed by atoms with E-state index in [9.17, 15) is 22.9 Å². The van der Waals surface area contributed by atoms with Gasteiger partial charge in [0.05, 0.1) is 15.6 Å². The van der Waals surface area contributed by atoms with Gasteiger partial charge in [0.15, 0.2) is 20.5 Å². The maximum atomic E-state index is 12.8. The maximum Gasteiger partial charge on any atom is 0.259 e. The number of sulfone groups is 1. The van der Waals surface area contributed by atoms with Crippen molar-refractivity contribution < 1.29 is 22.9 Å². The second-order valence-electron chi connectivity index (χ2n) is 5.20. The molecule has 1 aliphatic rings. The molecule has 0 radical (unpaired) electrons. The molecule has 0 aromatic heterocycles. The van der Waals surface area contributed by atoms with Crippen LogP contribution in [0.5, 0.6) is 5.75 Å². The second kappa shape index (κ2) is 5.96. The zero-order valence-corrected chi connectivity index (χ0v) is 14.8. The largest absolute Gasteiger partial charge is 0.612 e. The van der Waals surface area contributed by atoms with Crippen molar-refractivity contribution in [2.75, 3.05) is 17.0 Å². The molecular formula is C15H12ClNO5S2. The SMILES string of the molecule is C[S+]([O-])c1cc(C(=O)N2CS(=O)(=O)c3ccccc32)cc(Cl)c1O. The average molecular weight is 386 g/mol. The molecule has 1 amide bonds. The van der Waals surface area contributed by atoms with Gasteiger partial charge in [-0.2, -0.15) is 0 Å². The highest BCUT2D eigenvalue weighted by atomic mass is 35.5. The van der Waals surface area contributed by atoms with E-state index in [1.807, 2.05) is 0 Å². The third-order valence-corrected chi connectivity index (χ3v) is 6.45. The summed E-state index contributed by atoms with van der Waals surface area (Å²) in [7, 11) is -3.59. The van der Waals surface area contributed by atoms with Crippen LogP contribution in [0.15, 0.2) is 46.2 Å². The summed E-state index contributed by atoms with van der Waals surface area (Å²) in [6.45, 7) is 0. The molecule has 24 heavy (non-hydrogen) atoms. The highest BCUT2D eigenvalue weighted by Crippen LogP contribution is 2.37. The van der Waals surface area contributed by atoms with Gasteiger partial charge in [-0.1, -0.05) is 23.7 Å². The molecule has 2 aromatic rings. The summed E-state index contributed by atoms with van der Waals surface area (Å²) in [5, 5.41) is 9.71. The van der Waals surface area contributed by atoms with Crippen LogP contribution in [0, 0.1) is 0 Å². The highest BCUT2D eigenvalue weighted by Gasteiger charge is 2.36. The molecule has 1 N–H and O–H groups in total. The Kier molecular flexibility index (Phi) is 4.25. The number of aromatic hydroxyl groups is 1. The zero-order chi connectivity index (χ0) is 17.6. The predicted octanol–water partition coefficient (Wildman–Crippen LogP) is 2.17. The lowest BCUT2D eigenvalue weighted by Crippen LogP contribution is -2.30. The van der Waals surface area contributed by atoms with Gasteiger partial charge in [-0.05, 0) is 29.4 Å². The Labute approximate surface area is 146 Å². The predicted molar refractivity (Wildman–Crippen MR) is 90.8 cm³/mol. The van der Waals surface area contributed by atoms with Gasteiger partial charge in [0.2, 0.25) is 0 Å². The maximum absolute atomic E-state index is 12.8. The van der Waals surface area contributed by atoms with E-state index in [1.165, 1.54) is 24.5 Å².